The Hall–Kier alpha value is -1.36. The van der Waals surface area contributed by atoms with E-state index in [1.54, 1.807) is 20.9 Å². The van der Waals surface area contributed by atoms with Gasteiger partial charge in [0.15, 0.2) is 0 Å². The third-order valence-corrected chi connectivity index (χ3v) is 2.11. The Morgan fingerprint density at radius 2 is 2.21 bits per heavy atom. The van der Waals surface area contributed by atoms with Crippen molar-refractivity contribution >= 4 is 5.97 Å². The van der Waals surface area contributed by atoms with Crippen LogP contribution in [0.25, 0.3) is 0 Å². The highest BCUT2D eigenvalue weighted by molar-refractivity contribution is 5.90. The molecule has 78 valence electrons. The highest BCUT2D eigenvalue weighted by Crippen LogP contribution is 2.14. The van der Waals surface area contributed by atoms with Gasteiger partial charge in [0.2, 0.25) is 0 Å². The molecule has 0 spiro atoms. The van der Waals surface area contributed by atoms with Crippen LogP contribution in [0.1, 0.15) is 28.7 Å². The van der Waals surface area contributed by atoms with Gasteiger partial charge in [0.05, 0.1) is 11.8 Å². The summed E-state index contributed by atoms with van der Waals surface area (Å²) in [4.78, 5) is 10.9. The maximum absolute atomic E-state index is 10.9. The molecular weight excluding hydrogens is 184 g/mol. The molecular formula is C9H14N2O3. The van der Waals surface area contributed by atoms with E-state index in [-0.39, 0.29) is 12.0 Å². The molecule has 0 saturated carbocycles. The highest BCUT2D eigenvalue weighted by Gasteiger charge is 2.19. The molecule has 1 unspecified atom stereocenters. The van der Waals surface area contributed by atoms with Crippen LogP contribution in [0, 0.1) is 6.92 Å². The molecule has 1 atom stereocenters. The number of carbonyl (C=O) groups is 1. The van der Waals surface area contributed by atoms with E-state index in [0.717, 1.165) is 0 Å². The molecule has 14 heavy (non-hydrogen) atoms. The second-order valence-electron chi connectivity index (χ2n) is 3.39. The fraction of sp³-hybridized carbons (Fsp3) is 0.556. The zero-order valence-electron chi connectivity index (χ0n) is 8.48. The largest absolute Gasteiger partial charge is 0.478 e. The van der Waals surface area contributed by atoms with E-state index in [9.17, 15) is 4.79 Å². The van der Waals surface area contributed by atoms with Crippen LogP contribution in [0.2, 0.25) is 0 Å². The minimum absolute atomic E-state index is 0.202. The molecule has 0 fully saturated rings. The van der Waals surface area contributed by atoms with Crippen LogP contribution in [-0.4, -0.2) is 32.1 Å². The molecule has 0 aliphatic rings. The molecule has 0 aliphatic carbocycles. The summed E-state index contributed by atoms with van der Waals surface area (Å²) in [6.45, 7) is 3.30. The molecule has 5 nitrogen and oxygen atoms in total. The van der Waals surface area contributed by atoms with E-state index in [1.165, 1.54) is 4.68 Å². The van der Waals surface area contributed by atoms with E-state index in [2.05, 4.69) is 5.10 Å². The van der Waals surface area contributed by atoms with E-state index in [1.807, 2.05) is 0 Å². The first-order chi connectivity index (χ1) is 6.43. The SMILES string of the molecule is Cc1c(C(=O)O)c(CC(C)O)nn1C. The zero-order valence-corrected chi connectivity index (χ0v) is 8.48. The topological polar surface area (TPSA) is 75.3 Å². The molecule has 1 rings (SSSR count). The Morgan fingerprint density at radius 1 is 1.64 bits per heavy atom. The summed E-state index contributed by atoms with van der Waals surface area (Å²) in [6.07, 6.45) is -0.314. The molecule has 1 aromatic rings. The summed E-state index contributed by atoms with van der Waals surface area (Å²) < 4.78 is 1.52. The van der Waals surface area contributed by atoms with Gasteiger partial charge in [-0.05, 0) is 13.8 Å². The van der Waals surface area contributed by atoms with Crippen molar-refractivity contribution in [3.05, 3.63) is 17.0 Å². The number of aromatic carboxylic acids is 1. The lowest BCUT2D eigenvalue weighted by molar-refractivity contribution is 0.0694. The predicted molar refractivity (Wildman–Crippen MR) is 50.3 cm³/mol. The molecule has 0 amide bonds. The molecule has 5 heteroatoms. The Labute approximate surface area is 82.0 Å². The number of aryl methyl sites for hydroxylation is 1. The van der Waals surface area contributed by atoms with Crippen molar-refractivity contribution in [3.63, 3.8) is 0 Å². The number of nitrogens with zero attached hydrogens (tertiary/aromatic N) is 2. The van der Waals surface area contributed by atoms with Crippen molar-refractivity contribution < 1.29 is 15.0 Å². The monoisotopic (exact) mass is 198 g/mol. The molecule has 0 saturated heterocycles. The highest BCUT2D eigenvalue weighted by atomic mass is 16.4. The average molecular weight is 198 g/mol. The lowest BCUT2D eigenvalue weighted by Crippen LogP contribution is -2.09. The molecule has 0 radical (unpaired) electrons. The van der Waals surface area contributed by atoms with Crippen molar-refractivity contribution in [2.45, 2.75) is 26.4 Å². The summed E-state index contributed by atoms with van der Waals surface area (Å²) in [7, 11) is 1.69. The van der Waals surface area contributed by atoms with Gasteiger partial charge in [-0.3, -0.25) is 4.68 Å². The molecule has 1 heterocycles. The number of aliphatic hydroxyl groups is 1. The third-order valence-electron chi connectivity index (χ3n) is 2.11. The van der Waals surface area contributed by atoms with Gasteiger partial charge in [-0.25, -0.2) is 4.79 Å². The maximum Gasteiger partial charge on any atom is 0.339 e. The third kappa shape index (κ3) is 1.93. The predicted octanol–water partition coefficient (Wildman–Crippen LogP) is 0.350. The second-order valence-corrected chi connectivity index (χ2v) is 3.39. The number of aliphatic hydroxyl groups excluding tert-OH is 1. The Balaban J connectivity index is 3.15. The number of hydrogen-bond donors (Lipinski definition) is 2. The van der Waals surface area contributed by atoms with Gasteiger partial charge in [0.1, 0.15) is 5.56 Å². The number of rotatable bonds is 3. The minimum atomic E-state index is -0.994. The smallest absolute Gasteiger partial charge is 0.339 e. The molecule has 0 aliphatic heterocycles. The minimum Gasteiger partial charge on any atom is -0.478 e. The molecule has 0 bridgehead atoms. The summed E-state index contributed by atoms with van der Waals surface area (Å²) in [5.41, 5.74) is 1.24. The van der Waals surface area contributed by atoms with Crippen molar-refractivity contribution in [1.29, 1.82) is 0 Å². The van der Waals surface area contributed by atoms with E-state index in [0.29, 0.717) is 11.4 Å². The second kappa shape index (κ2) is 3.79. The fourth-order valence-electron chi connectivity index (χ4n) is 1.38. The Morgan fingerprint density at radius 3 is 2.64 bits per heavy atom. The Kier molecular flexibility index (Phi) is 2.90. The van der Waals surface area contributed by atoms with E-state index in [4.69, 9.17) is 10.2 Å². The van der Waals surface area contributed by atoms with Crippen molar-refractivity contribution in [2.75, 3.05) is 0 Å². The van der Waals surface area contributed by atoms with Crippen molar-refractivity contribution in [3.8, 4) is 0 Å². The van der Waals surface area contributed by atoms with Gasteiger partial charge in [-0.15, -0.1) is 0 Å². The fourth-order valence-corrected chi connectivity index (χ4v) is 1.38. The van der Waals surface area contributed by atoms with Gasteiger partial charge in [0.25, 0.3) is 0 Å². The first kappa shape index (κ1) is 10.7. The van der Waals surface area contributed by atoms with Crippen LogP contribution in [0.5, 0.6) is 0 Å². The molecule has 0 aromatic carbocycles. The summed E-state index contributed by atoms with van der Waals surface area (Å²) in [6, 6.07) is 0. The number of aromatic nitrogens is 2. The van der Waals surface area contributed by atoms with Crippen molar-refractivity contribution in [2.24, 2.45) is 7.05 Å². The quantitative estimate of drug-likeness (QED) is 0.734. The van der Waals surface area contributed by atoms with Gasteiger partial charge in [0, 0.05) is 19.2 Å². The van der Waals surface area contributed by atoms with Crippen LogP contribution in [0.3, 0.4) is 0 Å². The van der Waals surface area contributed by atoms with Gasteiger partial charge >= 0.3 is 5.97 Å². The summed E-state index contributed by atoms with van der Waals surface area (Å²) in [5.74, 6) is -0.994. The van der Waals surface area contributed by atoms with Crippen LogP contribution in [0.4, 0.5) is 0 Å². The van der Waals surface area contributed by atoms with Gasteiger partial charge in [-0.2, -0.15) is 5.10 Å². The van der Waals surface area contributed by atoms with Gasteiger partial charge < -0.3 is 10.2 Å². The summed E-state index contributed by atoms with van der Waals surface area (Å²) >= 11 is 0. The van der Waals surface area contributed by atoms with Crippen LogP contribution in [-0.2, 0) is 13.5 Å². The Bertz CT molecular complexity index is 355. The lowest BCUT2D eigenvalue weighted by atomic mass is 10.1. The number of hydrogen-bond acceptors (Lipinski definition) is 3. The van der Waals surface area contributed by atoms with Crippen LogP contribution < -0.4 is 0 Å². The normalized spacial score (nSPS) is 12.9. The first-order valence-corrected chi connectivity index (χ1v) is 4.37. The lowest BCUT2D eigenvalue weighted by Gasteiger charge is -2.01. The van der Waals surface area contributed by atoms with Crippen molar-refractivity contribution in [1.82, 2.24) is 9.78 Å². The first-order valence-electron chi connectivity index (χ1n) is 4.37. The number of carboxylic acid groups (broad SMARTS) is 1. The standard InChI is InChI=1S/C9H14N2O3/c1-5(12)4-7-8(9(13)14)6(2)11(3)10-7/h5,12H,4H2,1-3H3,(H,13,14). The average Bonchev–Trinajstić information content (AvgIpc) is 2.26. The molecule has 2 N–H and O–H groups in total. The zero-order chi connectivity index (χ0) is 10.9. The molecule has 1 aromatic heterocycles. The van der Waals surface area contributed by atoms with Gasteiger partial charge in [-0.1, -0.05) is 0 Å². The van der Waals surface area contributed by atoms with E-state index >= 15 is 0 Å². The maximum atomic E-state index is 10.9. The van der Waals surface area contributed by atoms with E-state index < -0.39 is 12.1 Å². The summed E-state index contributed by atoms with van der Waals surface area (Å²) in [5, 5.41) is 22.2. The van der Waals surface area contributed by atoms with Crippen LogP contribution >= 0.6 is 0 Å². The number of carboxylic acids is 1. The van der Waals surface area contributed by atoms with Crippen LogP contribution in [0.15, 0.2) is 0 Å².